The number of amides is 1. The highest BCUT2D eigenvalue weighted by molar-refractivity contribution is 7.80. The summed E-state index contributed by atoms with van der Waals surface area (Å²) in [4.78, 5) is 18.4. The third-order valence-electron chi connectivity index (χ3n) is 3.68. The number of nitrogens with zero attached hydrogens (tertiary/aromatic N) is 2. The number of benzene rings is 1. The molecule has 3 rings (SSSR count). The number of fused-ring (bicyclic) bond motifs is 1. The summed E-state index contributed by atoms with van der Waals surface area (Å²) >= 11 is 4.30. The second kappa shape index (κ2) is 5.32. The molecule has 0 radical (unpaired) electrons. The van der Waals surface area contributed by atoms with Crippen LogP contribution in [-0.2, 0) is 4.79 Å². The van der Waals surface area contributed by atoms with Gasteiger partial charge >= 0.3 is 0 Å². The molecule has 1 amide bonds. The van der Waals surface area contributed by atoms with Crippen molar-refractivity contribution in [3.8, 4) is 5.75 Å². The molecule has 5 heteroatoms. The van der Waals surface area contributed by atoms with Crippen molar-refractivity contribution < 1.29 is 9.53 Å². The highest BCUT2D eigenvalue weighted by atomic mass is 32.1. The normalized spacial score (nSPS) is 18.8. The van der Waals surface area contributed by atoms with Crippen LogP contribution in [0.25, 0.3) is 10.9 Å². The maximum absolute atomic E-state index is 12.2. The van der Waals surface area contributed by atoms with Crippen LogP contribution in [0, 0.1) is 5.92 Å². The van der Waals surface area contributed by atoms with Crippen molar-refractivity contribution in [2.24, 2.45) is 5.92 Å². The van der Waals surface area contributed by atoms with Crippen molar-refractivity contribution in [2.45, 2.75) is 6.42 Å². The molecule has 1 aromatic heterocycles. The second-order valence-electron chi connectivity index (χ2n) is 4.94. The van der Waals surface area contributed by atoms with Gasteiger partial charge in [-0.1, -0.05) is 0 Å². The fraction of sp³-hybridized carbons (Fsp3) is 0.333. The number of ether oxygens (including phenoxy) is 1. The van der Waals surface area contributed by atoms with Crippen LogP contribution in [0.2, 0.25) is 0 Å². The molecule has 2 heterocycles. The van der Waals surface area contributed by atoms with Crippen LogP contribution in [0.5, 0.6) is 5.75 Å². The van der Waals surface area contributed by atoms with Gasteiger partial charge in [-0.25, -0.2) is 0 Å². The average Bonchev–Trinajstić information content (AvgIpc) is 2.87. The van der Waals surface area contributed by atoms with Crippen LogP contribution >= 0.6 is 12.6 Å². The summed E-state index contributed by atoms with van der Waals surface area (Å²) in [6.45, 7) is 0.721. The molecule has 1 aromatic carbocycles. The summed E-state index contributed by atoms with van der Waals surface area (Å²) < 4.78 is 5.34. The van der Waals surface area contributed by atoms with Crippen LogP contribution < -0.4 is 9.64 Å². The Bertz CT molecular complexity index is 659. The van der Waals surface area contributed by atoms with E-state index in [0.717, 1.165) is 34.6 Å². The maximum atomic E-state index is 12.2. The van der Waals surface area contributed by atoms with Gasteiger partial charge in [0, 0.05) is 24.5 Å². The third-order valence-corrected chi connectivity index (χ3v) is 4.20. The smallest absolute Gasteiger partial charge is 0.227 e. The number of hydrogen-bond acceptors (Lipinski definition) is 4. The van der Waals surface area contributed by atoms with Crippen LogP contribution in [0.4, 0.5) is 5.69 Å². The molecule has 0 N–H and O–H groups in total. The summed E-state index contributed by atoms with van der Waals surface area (Å²) in [7, 11) is 1.63. The van der Waals surface area contributed by atoms with Crippen molar-refractivity contribution in [1.82, 2.24) is 4.98 Å². The number of pyridine rings is 1. The summed E-state index contributed by atoms with van der Waals surface area (Å²) in [5.74, 6) is 1.93. The van der Waals surface area contributed by atoms with E-state index >= 15 is 0 Å². The monoisotopic (exact) mass is 288 g/mol. The van der Waals surface area contributed by atoms with E-state index in [0.29, 0.717) is 12.3 Å². The fourth-order valence-electron chi connectivity index (χ4n) is 2.67. The molecule has 1 aliphatic heterocycles. The largest absolute Gasteiger partial charge is 0.494 e. The molecule has 1 unspecified atom stereocenters. The zero-order valence-corrected chi connectivity index (χ0v) is 12.1. The van der Waals surface area contributed by atoms with Crippen LogP contribution in [-0.4, -0.2) is 30.3 Å². The molecule has 1 aliphatic rings. The Kier molecular flexibility index (Phi) is 3.53. The average molecular weight is 288 g/mol. The predicted molar refractivity (Wildman–Crippen MR) is 82.6 cm³/mol. The Balaban J connectivity index is 2.11. The standard InChI is InChI=1S/C15H16N2O2S/c1-19-13-5-4-12(11-3-2-6-16-15(11)13)17-8-10(9-20)7-14(17)18/h2-6,10,20H,7-9H2,1H3. The molecule has 104 valence electrons. The lowest BCUT2D eigenvalue weighted by Gasteiger charge is -2.19. The number of thiol groups is 1. The van der Waals surface area contributed by atoms with E-state index in [1.165, 1.54) is 0 Å². The van der Waals surface area contributed by atoms with Crippen molar-refractivity contribution in [2.75, 3.05) is 24.3 Å². The Hall–Kier alpha value is -1.75. The van der Waals surface area contributed by atoms with Crippen molar-refractivity contribution in [3.05, 3.63) is 30.5 Å². The number of aromatic nitrogens is 1. The molecule has 2 aromatic rings. The number of methoxy groups -OCH3 is 1. The van der Waals surface area contributed by atoms with Gasteiger partial charge in [0.2, 0.25) is 5.91 Å². The molecule has 1 saturated heterocycles. The van der Waals surface area contributed by atoms with Crippen LogP contribution in [0.3, 0.4) is 0 Å². The van der Waals surface area contributed by atoms with Gasteiger partial charge in [-0.05, 0) is 35.9 Å². The molecular weight excluding hydrogens is 272 g/mol. The lowest BCUT2D eigenvalue weighted by atomic mass is 10.1. The van der Waals surface area contributed by atoms with Gasteiger partial charge in [0.15, 0.2) is 0 Å². The highest BCUT2D eigenvalue weighted by Gasteiger charge is 2.30. The number of carbonyl (C=O) groups excluding carboxylic acids is 1. The van der Waals surface area contributed by atoms with Gasteiger partial charge in [0.1, 0.15) is 11.3 Å². The van der Waals surface area contributed by atoms with Gasteiger partial charge in [0.05, 0.1) is 12.8 Å². The molecule has 1 atom stereocenters. The first kappa shape index (κ1) is 13.2. The first-order chi connectivity index (χ1) is 9.74. The van der Waals surface area contributed by atoms with E-state index < -0.39 is 0 Å². The van der Waals surface area contributed by atoms with Crippen molar-refractivity contribution >= 4 is 35.1 Å². The zero-order chi connectivity index (χ0) is 14.1. The quantitative estimate of drug-likeness (QED) is 0.883. The number of rotatable bonds is 3. The Labute approximate surface area is 123 Å². The Morgan fingerprint density at radius 1 is 1.45 bits per heavy atom. The van der Waals surface area contributed by atoms with E-state index in [1.54, 1.807) is 13.3 Å². The minimum atomic E-state index is 0.152. The van der Waals surface area contributed by atoms with Gasteiger partial charge in [0.25, 0.3) is 0 Å². The lowest BCUT2D eigenvalue weighted by molar-refractivity contribution is -0.117. The number of hydrogen-bond donors (Lipinski definition) is 1. The molecule has 0 spiro atoms. The fourth-order valence-corrected chi connectivity index (χ4v) is 2.91. The highest BCUT2D eigenvalue weighted by Crippen LogP contribution is 2.35. The van der Waals surface area contributed by atoms with Gasteiger partial charge in [-0.3, -0.25) is 9.78 Å². The van der Waals surface area contributed by atoms with Gasteiger partial charge in [-0.2, -0.15) is 12.6 Å². The summed E-state index contributed by atoms with van der Waals surface area (Å²) in [6, 6.07) is 7.65. The molecule has 1 fully saturated rings. The minimum absolute atomic E-state index is 0.152. The Morgan fingerprint density at radius 2 is 2.30 bits per heavy atom. The van der Waals surface area contributed by atoms with Gasteiger partial charge in [-0.15, -0.1) is 0 Å². The third kappa shape index (κ3) is 2.12. The van der Waals surface area contributed by atoms with Crippen LogP contribution in [0.15, 0.2) is 30.5 Å². The maximum Gasteiger partial charge on any atom is 0.227 e. The molecular formula is C15H16N2O2S. The van der Waals surface area contributed by atoms with E-state index in [1.807, 2.05) is 29.2 Å². The van der Waals surface area contributed by atoms with Crippen LogP contribution in [0.1, 0.15) is 6.42 Å². The predicted octanol–water partition coefficient (Wildman–Crippen LogP) is 2.53. The van der Waals surface area contributed by atoms with E-state index in [4.69, 9.17) is 4.74 Å². The Morgan fingerprint density at radius 3 is 3.00 bits per heavy atom. The summed E-state index contributed by atoms with van der Waals surface area (Å²) in [6.07, 6.45) is 2.30. The topological polar surface area (TPSA) is 42.4 Å². The van der Waals surface area contributed by atoms with Crippen molar-refractivity contribution in [1.29, 1.82) is 0 Å². The zero-order valence-electron chi connectivity index (χ0n) is 11.2. The summed E-state index contributed by atoms with van der Waals surface area (Å²) in [5, 5.41) is 0.944. The molecule has 0 bridgehead atoms. The van der Waals surface area contributed by atoms with Gasteiger partial charge < -0.3 is 9.64 Å². The van der Waals surface area contributed by atoms with Crippen molar-refractivity contribution in [3.63, 3.8) is 0 Å². The van der Waals surface area contributed by atoms with E-state index in [2.05, 4.69) is 17.6 Å². The number of anilines is 1. The molecule has 0 saturated carbocycles. The van der Waals surface area contributed by atoms with E-state index in [-0.39, 0.29) is 5.91 Å². The second-order valence-corrected chi connectivity index (χ2v) is 5.31. The number of carbonyl (C=O) groups is 1. The SMILES string of the molecule is COc1ccc(N2CC(CS)CC2=O)c2cccnc12. The molecule has 20 heavy (non-hydrogen) atoms. The molecule has 4 nitrogen and oxygen atoms in total. The first-order valence-electron chi connectivity index (χ1n) is 6.57. The summed E-state index contributed by atoms with van der Waals surface area (Å²) in [5.41, 5.74) is 1.69. The minimum Gasteiger partial charge on any atom is -0.494 e. The lowest BCUT2D eigenvalue weighted by Crippen LogP contribution is -2.24. The first-order valence-corrected chi connectivity index (χ1v) is 7.20. The van der Waals surface area contributed by atoms with E-state index in [9.17, 15) is 4.79 Å². The molecule has 0 aliphatic carbocycles.